The van der Waals surface area contributed by atoms with E-state index in [1.54, 1.807) is 0 Å². The summed E-state index contributed by atoms with van der Waals surface area (Å²) in [5.41, 5.74) is 7.35. The summed E-state index contributed by atoms with van der Waals surface area (Å²) in [4.78, 5) is 19.0. The monoisotopic (exact) mass is 304 g/mol. The van der Waals surface area contributed by atoms with Crippen LogP contribution in [-0.2, 0) is 4.79 Å². The van der Waals surface area contributed by atoms with Gasteiger partial charge < -0.3 is 11.1 Å². The molecule has 0 spiro atoms. The highest BCUT2D eigenvalue weighted by molar-refractivity contribution is 7.22. The summed E-state index contributed by atoms with van der Waals surface area (Å²) < 4.78 is 0.996. The van der Waals surface area contributed by atoms with Crippen molar-refractivity contribution in [2.45, 2.75) is 32.2 Å². The van der Waals surface area contributed by atoms with E-state index in [1.165, 1.54) is 30.6 Å². The lowest BCUT2D eigenvalue weighted by Crippen LogP contribution is -2.44. The zero-order valence-electron chi connectivity index (χ0n) is 12.1. The maximum absolute atomic E-state index is 12.3. The number of nitrogens with one attached hydrogen (secondary N) is 1. The summed E-state index contributed by atoms with van der Waals surface area (Å²) in [5.74, 6) is 0.0175. The number of amides is 1. The average molecular weight is 304 g/mol. The zero-order chi connectivity index (χ0) is 14.8. The Morgan fingerprint density at radius 3 is 2.90 bits per heavy atom. The summed E-state index contributed by atoms with van der Waals surface area (Å²) in [5, 5.41) is 3.58. The van der Waals surface area contributed by atoms with Crippen molar-refractivity contribution >= 4 is 38.3 Å². The SMILES string of the molecule is CC(C(=O)Nc1nc2ccc(N)cc2s1)N1CCCCC1. The largest absolute Gasteiger partial charge is 0.399 e. The summed E-state index contributed by atoms with van der Waals surface area (Å²) in [6.07, 6.45) is 3.63. The second-order valence-electron chi connectivity index (χ2n) is 5.51. The van der Waals surface area contributed by atoms with E-state index in [0.717, 1.165) is 23.3 Å². The minimum atomic E-state index is -0.109. The lowest BCUT2D eigenvalue weighted by Gasteiger charge is -2.31. The first kappa shape index (κ1) is 14.3. The number of carbonyl (C=O) groups excluding carboxylic acids is 1. The van der Waals surface area contributed by atoms with Crippen molar-refractivity contribution in [3.05, 3.63) is 18.2 Å². The normalized spacial score (nSPS) is 17.8. The Bertz CT molecular complexity index is 648. The fraction of sp³-hybridized carbons (Fsp3) is 0.467. The van der Waals surface area contributed by atoms with Crippen LogP contribution < -0.4 is 11.1 Å². The second kappa shape index (κ2) is 5.99. The first-order valence-electron chi connectivity index (χ1n) is 7.34. The third kappa shape index (κ3) is 3.16. The Hall–Kier alpha value is -1.66. The minimum Gasteiger partial charge on any atom is -0.399 e. The predicted octanol–water partition coefficient (Wildman–Crippen LogP) is 2.69. The molecule has 6 heteroatoms. The maximum Gasteiger partial charge on any atom is 0.243 e. The van der Waals surface area contributed by atoms with Crippen LogP contribution in [0.1, 0.15) is 26.2 Å². The van der Waals surface area contributed by atoms with E-state index >= 15 is 0 Å². The van der Waals surface area contributed by atoms with E-state index in [2.05, 4.69) is 15.2 Å². The topological polar surface area (TPSA) is 71.2 Å². The number of rotatable bonds is 3. The molecule has 1 aromatic carbocycles. The molecule has 2 aromatic rings. The molecule has 1 aliphatic rings. The Kier molecular flexibility index (Phi) is 4.07. The molecule has 1 aliphatic heterocycles. The van der Waals surface area contributed by atoms with Crippen molar-refractivity contribution in [3.8, 4) is 0 Å². The molecule has 1 aromatic heterocycles. The number of anilines is 2. The molecule has 1 fully saturated rings. The molecule has 0 bridgehead atoms. The van der Waals surface area contributed by atoms with Crippen molar-refractivity contribution in [2.75, 3.05) is 24.1 Å². The highest BCUT2D eigenvalue weighted by atomic mass is 32.1. The molecule has 3 N–H and O–H groups in total. The molecular weight excluding hydrogens is 284 g/mol. The lowest BCUT2D eigenvalue weighted by molar-refractivity contribution is -0.121. The molecule has 0 radical (unpaired) electrons. The minimum absolute atomic E-state index is 0.0175. The van der Waals surface area contributed by atoms with Gasteiger partial charge in [0.25, 0.3) is 0 Å². The van der Waals surface area contributed by atoms with Crippen LogP contribution in [0, 0.1) is 0 Å². The summed E-state index contributed by atoms with van der Waals surface area (Å²) in [6, 6.07) is 5.48. The van der Waals surface area contributed by atoms with E-state index in [4.69, 9.17) is 5.73 Å². The summed E-state index contributed by atoms with van der Waals surface area (Å²) >= 11 is 1.46. The van der Waals surface area contributed by atoms with Crippen LogP contribution >= 0.6 is 11.3 Å². The van der Waals surface area contributed by atoms with Crippen LogP contribution in [0.3, 0.4) is 0 Å². The van der Waals surface area contributed by atoms with Gasteiger partial charge in [0, 0.05) is 5.69 Å². The molecule has 5 nitrogen and oxygen atoms in total. The van der Waals surface area contributed by atoms with Gasteiger partial charge in [0.15, 0.2) is 5.13 Å². The average Bonchev–Trinajstić information content (AvgIpc) is 2.88. The van der Waals surface area contributed by atoms with Gasteiger partial charge in [-0.2, -0.15) is 0 Å². The molecule has 21 heavy (non-hydrogen) atoms. The molecule has 3 rings (SSSR count). The highest BCUT2D eigenvalue weighted by Gasteiger charge is 2.23. The van der Waals surface area contributed by atoms with E-state index in [-0.39, 0.29) is 11.9 Å². The van der Waals surface area contributed by atoms with Crippen LogP contribution in [0.15, 0.2) is 18.2 Å². The number of nitrogens with zero attached hydrogens (tertiary/aromatic N) is 2. The standard InChI is InChI=1S/C15H20N4OS/c1-10(19-7-3-2-4-8-19)14(20)18-15-17-12-6-5-11(16)9-13(12)21-15/h5-6,9-10H,2-4,7-8,16H2,1H3,(H,17,18,20). The predicted molar refractivity (Wildman–Crippen MR) is 87.5 cm³/mol. The smallest absolute Gasteiger partial charge is 0.243 e. The first-order chi connectivity index (χ1) is 10.1. The van der Waals surface area contributed by atoms with Gasteiger partial charge >= 0.3 is 0 Å². The van der Waals surface area contributed by atoms with E-state index in [9.17, 15) is 4.79 Å². The molecular formula is C15H20N4OS. The number of nitrogens with two attached hydrogens (primary N) is 1. The Morgan fingerprint density at radius 1 is 1.38 bits per heavy atom. The van der Waals surface area contributed by atoms with Crippen LogP contribution in [-0.4, -0.2) is 34.9 Å². The van der Waals surface area contributed by atoms with Crippen molar-refractivity contribution < 1.29 is 4.79 Å². The van der Waals surface area contributed by atoms with Crippen LogP contribution in [0.25, 0.3) is 10.2 Å². The lowest BCUT2D eigenvalue weighted by atomic mass is 10.1. The quantitative estimate of drug-likeness (QED) is 0.855. The molecule has 1 saturated heterocycles. The van der Waals surface area contributed by atoms with Gasteiger partial charge in [0.1, 0.15) is 0 Å². The third-order valence-electron chi connectivity index (χ3n) is 3.96. The van der Waals surface area contributed by atoms with Gasteiger partial charge in [-0.15, -0.1) is 0 Å². The van der Waals surface area contributed by atoms with Crippen LogP contribution in [0.4, 0.5) is 10.8 Å². The molecule has 0 aliphatic carbocycles. The highest BCUT2D eigenvalue weighted by Crippen LogP contribution is 2.27. The number of thiazole rings is 1. The van der Waals surface area contributed by atoms with Crippen LogP contribution in [0.2, 0.25) is 0 Å². The number of fused-ring (bicyclic) bond motifs is 1. The number of aromatic nitrogens is 1. The van der Waals surface area contributed by atoms with Crippen molar-refractivity contribution in [1.82, 2.24) is 9.88 Å². The Morgan fingerprint density at radius 2 is 2.14 bits per heavy atom. The Balaban J connectivity index is 1.70. The third-order valence-corrected chi connectivity index (χ3v) is 4.89. The van der Waals surface area contributed by atoms with Gasteiger partial charge in [-0.1, -0.05) is 17.8 Å². The van der Waals surface area contributed by atoms with Crippen LogP contribution in [0.5, 0.6) is 0 Å². The fourth-order valence-corrected chi connectivity index (χ4v) is 3.59. The van der Waals surface area contributed by atoms with Crippen molar-refractivity contribution in [2.24, 2.45) is 0 Å². The van der Waals surface area contributed by atoms with Crippen molar-refractivity contribution in [1.29, 1.82) is 0 Å². The number of benzene rings is 1. The van der Waals surface area contributed by atoms with Gasteiger partial charge in [-0.3, -0.25) is 9.69 Å². The van der Waals surface area contributed by atoms with E-state index in [0.29, 0.717) is 10.8 Å². The molecule has 1 atom stereocenters. The summed E-state index contributed by atoms with van der Waals surface area (Å²) in [6.45, 7) is 3.97. The molecule has 112 valence electrons. The fourth-order valence-electron chi connectivity index (χ4n) is 2.68. The first-order valence-corrected chi connectivity index (χ1v) is 8.16. The molecule has 2 heterocycles. The zero-order valence-corrected chi connectivity index (χ0v) is 12.9. The van der Waals surface area contributed by atoms with E-state index < -0.39 is 0 Å². The van der Waals surface area contributed by atoms with Crippen molar-refractivity contribution in [3.63, 3.8) is 0 Å². The number of hydrogen-bond acceptors (Lipinski definition) is 5. The number of likely N-dealkylation sites (tertiary alicyclic amines) is 1. The number of piperidine rings is 1. The maximum atomic E-state index is 12.3. The molecule has 1 amide bonds. The summed E-state index contributed by atoms with van der Waals surface area (Å²) in [7, 11) is 0. The van der Waals surface area contributed by atoms with E-state index in [1.807, 2.05) is 25.1 Å². The number of carbonyl (C=O) groups is 1. The molecule has 1 unspecified atom stereocenters. The van der Waals surface area contributed by atoms with Gasteiger partial charge in [0.2, 0.25) is 5.91 Å². The van der Waals surface area contributed by atoms with Gasteiger partial charge in [0.05, 0.1) is 16.3 Å². The van der Waals surface area contributed by atoms with Gasteiger partial charge in [-0.25, -0.2) is 4.98 Å². The number of nitrogen functional groups attached to an aromatic ring is 1. The Labute approximate surface area is 128 Å². The molecule has 0 saturated carbocycles. The number of hydrogen-bond donors (Lipinski definition) is 2. The van der Waals surface area contributed by atoms with Gasteiger partial charge in [-0.05, 0) is 51.1 Å². The second-order valence-corrected chi connectivity index (χ2v) is 6.54.